The minimum absolute atomic E-state index is 0.173. The molecule has 1 aromatic rings. The number of hydrogen-bond acceptors (Lipinski definition) is 2. The molecule has 0 unspecified atom stereocenters. The molecule has 1 aliphatic heterocycles. The predicted octanol–water partition coefficient (Wildman–Crippen LogP) is 3.05. The molecule has 1 aliphatic rings. The highest BCUT2D eigenvalue weighted by molar-refractivity contribution is 6.00. The van der Waals surface area contributed by atoms with E-state index in [9.17, 15) is 0 Å². The van der Waals surface area contributed by atoms with Crippen LogP contribution in [0.4, 0.5) is 5.69 Å². The van der Waals surface area contributed by atoms with Gasteiger partial charge in [0.05, 0.1) is 0 Å². The van der Waals surface area contributed by atoms with Gasteiger partial charge in [0.2, 0.25) is 0 Å². The number of nitrogen functional groups attached to an aromatic ring is 1. The topological polar surface area (TPSA) is 53.1 Å². The quantitative estimate of drug-likeness (QED) is 0.621. The molecule has 0 saturated carbocycles. The zero-order valence-electron chi connectivity index (χ0n) is 11.2. The van der Waals surface area contributed by atoms with E-state index in [1.54, 1.807) is 0 Å². The molecule has 0 aliphatic carbocycles. The van der Waals surface area contributed by atoms with Gasteiger partial charge in [0, 0.05) is 24.3 Å². The van der Waals surface area contributed by atoms with Gasteiger partial charge in [-0.2, -0.15) is 0 Å². The monoisotopic (exact) mass is 245 g/mol. The van der Waals surface area contributed by atoms with Gasteiger partial charge in [0.15, 0.2) is 0 Å². The summed E-state index contributed by atoms with van der Waals surface area (Å²) in [5, 5.41) is 7.71. The number of hydrogen-bond donors (Lipinski definition) is 2. The highest BCUT2D eigenvalue weighted by atomic mass is 15.1. The first-order valence-corrected chi connectivity index (χ1v) is 6.88. The third-order valence-electron chi connectivity index (χ3n) is 3.64. The van der Waals surface area contributed by atoms with E-state index in [1.807, 2.05) is 12.1 Å². The third-order valence-corrected chi connectivity index (χ3v) is 3.64. The summed E-state index contributed by atoms with van der Waals surface area (Å²) in [5.41, 5.74) is 8.95. The fourth-order valence-electron chi connectivity index (χ4n) is 2.62. The van der Waals surface area contributed by atoms with E-state index in [0.29, 0.717) is 0 Å². The summed E-state index contributed by atoms with van der Waals surface area (Å²) in [7, 11) is 0. The largest absolute Gasteiger partial charge is 0.384 e. The van der Waals surface area contributed by atoms with Gasteiger partial charge in [-0.05, 0) is 37.5 Å². The molecule has 0 aromatic heterocycles. The Bertz CT molecular complexity index is 418. The molecule has 1 aromatic carbocycles. The van der Waals surface area contributed by atoms with Crippen molar-refractivity contribution in [2.45, 2.75) is 39.0 Å². The second-order valence-corrected chi connectivity index (χ2v) is 5.19. The molecule has 1 heterocycles. The zero-order chi connectivity index (χ0) is 13.0. The van der Waals surface area contributed by atoms with Crippen molar-refractivity contribution >= 4 is 11.5 Å². The van der Waals surface area contributed by atoms with E-state index in [-0.39, 0.29) is 5.84 Å². The highest BCUT2D eigenvalue weighted by Crippen LogP contribution is 2.24. The fourth-order valence-corrected chi connectivity index (χ4v) is 2.62. The molecule has 0 radical (unpaired) electrons. The first-order valence-electron chi connectivity index (χ1n) is 6.88. The summed E-state index contributed by atoms with van der Waals surface area (Å²) in [6.45, 7) is 4.27. The zero-order valence-corrected chi connectivity index (χ0v) is 11.2. The Morgan fingerprint density at radius 1 is 1.11 bits per heavy atom. The number of rotatable bonds is 2. The normalized spacial score (nSPS) is 17.1. The molecule has 3 N–H and O–H groups in total. The Kier molecular flexibility index (Phi) is 4.24. The maximum absolute atomic E-state index is 7.71. The summed E-state index contributed by atoms with van der Waals surface area (Å²) in [5.74, 6) is 0.173. The Morgan fingerprint density at radius 3 is 2.33 bits per heavy atom. The number of aryl methyl sites for hydroxylation is 1. The molecule has 1 fully saturated rings. The smallest absolute Gasteiger partial charge is 0.124 e. The van der Waals surface area contributed by atoms with Gasteiger partial charge in [-0.1, -0.05) is 25.3 Å². The molecule has 18 heavy (non-hydrogen) atoms. The summed E-state index contributed by atoms with van der Waals surface area (Å²) in [4.78, 5) is 2.41. The number of nitrogens with two attached hydrogens (primary N) is 1. The SMILES string of the molecule is Cc1ccc(C(=N)N)c(N2CCCCCCC2)c1. The van der Waals surface area contributed by atoms with Crippen molar-refractivity contribution in [2.24, 2.45) is 5.73 Å². The first kappa shape index (κ1) is 12.9. The fraction of sp³-hybridized carbons (Fsp3) is 0.533. The Morgan fingerprint density at radius 2 is 1.72 bits per heavy atom. The highest BCUT2D eigenvalue weighted by Gasteiger charge is 2.14. The lowest BCUT2D eigenvalue weighted by Crippen LogP contribution is -2.29. The third kappa shape index (κ3) is 3.03. The molecule has 98 valence electrons. The molecule has 0 bridgehead atoms. The number of benzene rings is 1. The standard InChI is InChI=1S/C15H23N3/c1-12-7-8-13(15(16)17)14(11-12)18-9-5-3-2-4-6-10-18/h7-8,11H,2-6,9-10H2,1H3,(H3,16,17). The van der Waals surface area contributed by atoms with E-state index >= 15 is 0 Å². The molecule has 3 heteroatoms. The van der Waals surface area contributed by atoms with Gasteiger partial charge in [-0.15, -0.1) is 0 Å². The maximum Gasteiger partial charge on any atom is 0.124 e. The van der Waals surface area contributed by atoms with Gasteiger partial charge in [-0.3, -0.25) is 5.41 Å². The van der Waals surface area contributed by atoms with E-state index in [4.69, 9.17) is 11.1 Å². The van der Waals surface area contributed by atoms with E-state index in [1.165, 1.54) is 37.7 Å². The van der Waals surface area contributed by atoms with Crippen LogP contribution in [0.2, 0.25) is 0 Å². The second kappa shape index (κ2) is 5.89. The number of amidine groups is 1. The molecule has 0 spiro atoms. The van der Waals surface area contributed by atoms with Gasteiger partial charge in [0.25, 0.3) is 0 Å². The lowest BCUT2D eigenvalue weighted by Gasteiger charge is -2.29. The number of anilines is 1. The summed E-state index contributed by atoms with van der Waals surface area (Å²) >= 11 is 0. The van der Waals surface area contributed by atoms with Crippen LogP contribution in [0.15, 0.2) is 18.2 Å². The van der Waals surface area contributed by atoms with Gasteiger partial charge in [0.1, 0.15) is 5.84 Å². The van der Waals surface area contributed by atoms with Crippen LogP contribution in [0.5, 0.6) is 0 Å². The van der Waals surface area contributed by atoms with Crippen LogP contribution >= 0.6 is 0 Å². The van der Waals surface area contributed by atoms with Crippen LogP contribution < -0.4 is 10.6 Å². The van der Waals surface area contributed by atoms with Crippen LogP contribution in [0.25, 0.3) is 0 Å². The van der Waals surface area contributed by atoms with Crippen molar-refractivity contribution in [1.82, 2.24) is 0 Å². The van der Waals surface area contributed by atoms with Crippen molar-refractivity contribution in [2.75, 3.05) is 18.0 Å². The molecular weight excluding hydrogens is 222 g/mol. The average molecular weight is 245 g/mol. The number of nitrogens with zero attached hydrogens (tertiary/aromatic N) is 1. The maximum atomic E-state index is 7.71. The van der Waals surface area contributed by atoms with Crippen molar-refractivity contribution in [1.29, 1.82) is 5.41 Å². The minimum Gasteiger partial charge on any atom is -0.384 e. The van der Waals surface area contributed by atoms with Crippen LogP contribution in [-0.4, -0.2) is 18.9 Å². The van der Waals surface area contributed by atoms with Crippen LogP contribution in [0.1, 0.15) is 43.2 Å². The van der Waals surface area contributed by atoms with Crippen LogP contribution in [-0.2, 0) is 0 Å². The molecule has 2 rings (SSSR count). The second-order valence-electron chi connectivity index (χ2n) is 5.19. The van der Waals surface area contributed by atoms with Crippen molar-refractivity contribution < 1.29 is 0 Å². The Labute approximate surface area is 109 Å². The predicted molar refractivity (Wildman–Crippen MR) is 77.5 cm³/mol. The van der Waals surface area contributed by atoms with Gasteiger partial charge < -0.3 is 10.6 Å². The van der Waals surface area contributed by atoms with Crippen molar-refractivity contribution in [3.63, 3.8) is 0 Å². The molecule has 0 amide bonds. The molecule has 0 atom stereocenters. The lowest BCUT2D eigenvalue weighted by molar-refractivity contribution is 0.556. The first-order chi connectivity index (χ1) is 8.68. The van der Waals surface area contributed by atoms with Crippen LogP contribution in [0.3, 0.4) is 0 Å². The summed E-state index contributed by atoms with van der Waals surface area (Å²) in [6, 6.07) is 6.17. The van der Waals surface area contributed by atoms with Crippen LogP contribution in [0, 0.1) is 12.3 Å². The number of nitrogens with one attached hydrogen (secondary N) is 1. The Hall–Kier alpha value is -1.51. The summed E-state index contributed by atoms with van der Waals surface area (Å²) < 4.78 is 0. The summed E-state index contributed by atoms with van der Waals surface area (Å²) in [6.07, 6.45) is 6.48. The molecule has 1 saturated heterocycles. The molecular formula is C15H23N3. The van der Waals surface area contributed by atoms with Gasteiger partial charge in [-0.25, -0.2) is 0 Å². The minimum atomic E-state index is 0.173. The van der Waals surface area contributed by atoms with E-state index in [0.717, 1.165) is 24.3 Å². The average Bonchev–Trinajstić information content (AvgIpc) is 2.27. The lowest BCUT2D eigenvalue weighted by atomic mass is 10.0. The van der Waals surface area contributed by atoms with E-state index in [2.05, 4.69) is 17.9 Å². The molecule has 3 nitrogen and oxygen atoms in total. The van der Waals surface area contributed by atoms with Gasteiger partial charge >= 0.3 is 0 Å². The Balaban J connectivity index is 2.28. The van der Waals surface area contributed by atoms with Crippen molar-refractivity contribution in [3.8, 4) is 0 Å². The van der Waals surface area contributed by atoms with E-state index < -0.39 is 0 Å². The van der Waals surface area contributed by atoms with Crippen molar-refractivity contribution in [3.05, 3.63) is 29.3 Å².